The quantitative estimate of drug-likeness (QED) is 0.738. The number of fused-ring (bicyclic) bond motifs is 2. The molecule has 1 amide bonds. The Kier molecular flexibility index (Phi) is 5.28. The fraction of sp³-hybridized carbons (Fsp3) is 0.545. The number of nitrogens with one attached hydrogen (secondary N) is 1. The van der Waals surface area contributed by atoms with Crippen molar-refractivity contribution in [3.05, 3.63) is 46.8 Å². The summed E-state index contributed by atoms with van der Waals surface area (Å²) in [5.74, 6) is 0.363. The first-order chi connectivity index (χ1) is 14.1. The molecule has 2 heterocycles. The van der Waals surface area contributed by atoms with Crippen molar-refractivity contribution in [3.63, 3.8) is 0 Å². The molecule has 8 heteroatoms. The predicted octanol–water partition coefficient (Wildman–Crippen LogP) is 4.59. The van der Waals surface area contributed by atoms with Gasteiger partial charge >= 0.3 is 6.18 Å². The topological polar surface area (TPSA) is 56.2 Å². The summed E-state index contributed by atoms with van der Waals surface area (Å²) in [6.45, 7) is 3.68. The van der Waals surface area contributed by atoms with Crippen LogP contribution in [0.5, 0.6) is 5.75 Å². The van der Waals surface area contributed by atoms with Gasteiger partial charge in [-0.15, -0.1) is 0 Å². The van der Waals surface area contributed by atoms with Crippen molar-refractivity contribution in [1.82, 2.24) is 15.1 Å². The summed E-state index contributed by atoms with van der Waals surface area (Å²) >= 11 is 0. The Morgan fingerprint density at radius 2 is 1.97 bits per heavy atom. The van der Waals surface area contributed by atoms with Crippen LogP contribution in [-0.2, 0) is 30.4 Å². The van der Waals surface area contributed by atoms with E-state index < -0.39 is 17.5 Å². The number of ether oxygens (including phenoxy) is 1. The number of amides is 1. The Labute approximate surface area is 173 Å². The molecule has 1 aliphatic carbocycles. The summed E-state index contributed by atoms with van der Waals surface area (Å²) < 4.78 is 47.7. The molecule has 1 aromatic carbocycles. The van der Waals surface area contributed by atoms with Crippen molar-refractivity contribution in [3.8, 4) is 5.75 Å². The Morgan fingerprint density at radius 3 is 2.73 bits per heavy atom. The molecule has 4 rings (SSSR count). The molecule has 0 saturated carbocycles. The van der Waals surface area contributed by atoms with Gasteiger partial charge in [0.05, 0.1) is 6.04 Å². The van der Waals surface area contributed by atoms with Crippen LogP contribution in [0.15, 0.2) is 24.3 Å². The molecule has 1 atom stereocenters. The smallest absolute Gasteiger partial charge is 0.435 e. The number of nitrogens with zero attached hydrogens (tertiary/aromatic N) is 2. The second-order valence-electron chi connectivity index (χ2n) is 8.71. The van der Waals surface area contributed by atoms with Crippen molar-refractivity contribution in [2.75, 3.05) is 0 Å². The van der Waals surface area contributed by atoms with Gasteiger partial charge in [0.1, 0.15) is 17.9 Å². The lowest BCUT2D eigenvalue weighted by Crippen LogP contribution is -2.42. The number of halogens is 3. The monoisotopic (exact) mass is 421 g/mol. The lowest BCUT2D eigenvalue weighted by atomic mass is 9.89. The van der Waals surface area contributed by atoms with E-state index in [-0.39, 0.29) is 24.1 Å². The van der Waals surface area contributed by atoms with Crippen molar-refractivity contribution < 1.29 is 22.7 Å². The molecule has 0 fully saturated rings. The minimum absolute atomic E-state index is 0.224. The highest BCUT2D eigenvalue weighted by molar-refractivity contribution is 5.76. The normalized spacial score (nSPS) is 20.5. The van der Waals surface area contributed by atoms with E-state index in [1.54, 1.807) is 0 Å². The highest BCUT2D eigenvalue weighted by atomic mass is 19.4. The van der Waals surface area contributed by atoms with Crippen LogP contribution in [0.25, 0.3) is 0 Å². The number of carbonyl (C=O) groups is 1. The van der Waals surface area contributed by atoms with Crippen molar-refractivity contribution >= 4 is 5.91 Å². The second-order valence-corrected chi connectivity index (χ2v) is 8.71. The summed E-state index contributed by atoms with van der Waals surface area (Å²) in [7, 11) is 0. The number of para-hydroxylation sites is 1. The number of hydrogen-bond acceptors (Lipinski definition) is 3. The lowest BCUT2D eigenvalue weighted by Gasteiger charge is -2.37. The molecular formula is C22H26F3N3O2. The molecule has 5 nitrogen and oxygen atoms in total. The summed E-state index contributed by atoms with van der Waals surface area (Å²) in [6, 6.07) is 7.24. The van der Waals surface area contributed by atoms with Crippen LogP contribution < -0.4 is 10.1 Å². The molecule has 0 spiro atoms. The van der Waals surface area contributed by atoms with Crippen LogP contribution in [0.2, 0.25) is 0 Å². The van der Waals surface area contributed by atoms with E-state index in [2.05, 4.69) is 10.4 Å². The fourth-order valence-corrected chi connectivity index (χ4v) is 4.51. The fourth-order valence-electron chi connectivity index (χ4n) is 4.51. The lowest BCUT2D eigenvalue weighted by molar-refractivity contribution is -0.142. The molecule has 0 unspecified atom stereocenters. The minimum Gasteiger partial charge on any atom is -0.487 e. The Balaban J connectivity index is 1.57. The summed E-state index contributed by atoms with van der Waals surface area (Å²) in [5.41, 5.74) is 0.372. The first-order valence-electron chi connectivity index (χ1n) is 10.4. The van der Waals surface area contributed by atoms with Crippen molar-refractivity contribution in [2.45, 2.75) is 76.7 Å². The maximum absolute atomic E-state index is 13.5. The number of benzene rings is 1. The molecule has 1 aliphatic heterocycles. The van der Waals surface area contributed by atoms with Gasteiger partial charge in [-0.3, -0.25) is 9.48 Å². The summed E-state index contributed by atoms with van der Waals surface area (Å²) in [4.78, 5) is 12.8. The highest BCUT2D eigenvalue weighted by Gasteiger charge is 2.39. The van der Waals surface area contributed by atoms with Gasteiger partial charge in [0.25, 0.3) is 0 Å². The highest BCUT2D eigenvalue weighted by Crippen LogP contribution is 2.39. The van der Waals surface area contributed by atoms with Crippen LogP contribution in [0, 0.1) is 0 Å². The van der Waals surface area contributed by atoms with Crippen molar-refractivity contribution in [2.24, 2.45) is 0 Å². The number of aromatic nitrogens is 2. The molecule has 0 bridgehead atoms. The number of alkyl halides is 3. The van der Waals surface area contributed by atoms with Gasteiger partial charge in [0, 0.05) is 23.2 Å². The van der Waals surface area contributed by atoms with Crippen molar-refractivity contribution in [1.29, 1.82) is 0 Å². The zero-order valence-electron chi connectivity index (χ0n) is 17.2. The zero-order valence-corrected chi connectivity index (χ0v) is 17.2. The number of carbonyl (C=O) groups excluding carboxylic acids is 1. The second kappa shape index (κ2) is 7.63. The Morgan fingerprint density at radius 1 is 1.23 bits per heavy atom. The van der Waals surface area contributed by atoms with Gasteiger partial charge in [0.15, 0.2) is 5.69 Å². The standard InChI is InChI=1S/C22H26F3N3O2/c1-21(2)12-16(14-8-6-7-11-18(14)30-21)26-19(29)13-28-17-10-5-3-4-9-15(17)20(27-28)22(23,24)25/h6-8,11,16H,3-5,9-10,12-13H2,1-2H3,(H,26,29)/t16-/m1/s1. The maximum Gasteiger partial charge on any atom is 0.435 e. The van der Waals surface area contributed by atoms with Gasteiger partial charge in [-0.25, -0.2) is 0 Å². The minimum atomic E-state index is -4.51. The molecule has 2 aromatic rings. The average molecular weight is 421 g/mol. The van der Waals surface area contributed by atoms with Crippen LogP contribution in [0.4, 0.5) is 13.2 Å². The largest absolute Gasteiger partial charge is 0.487 e. The molecule has 1 aromatic heterocycles. The molecule has 0 saturated heterocycles. The number of rotatable bonds is 3. The van der Waals surface area contributed by atoms with E-state index in [4.69, 9.17) is 4.74 Å². The van der Waals surface area contributed by atoms with Gasteiger partial charge in [0.2, 0.25) is 5.91 Å². The van der Waals surface area contributed by atoms with Crippen LogP contribution in [0.3, 0.4) is 0 Å². The Bertz CT molecular complexity index is 950. The summed E-state index contributed by atoms with van der Waals surface area (Å²) in [6.07, 6.45) is -0.681. The maximum atomic E-state index is 13.5. The zero-order chi connectivity index (χ0) is 21.5. The Hall–Kier alpha value is -2.51. The predicted molar refractivity (Wildman–Crippen MR) is 105 cm³/mol. The van der Waals surface area contributed by atoms with E-state index in [0.29, 0.717) is 37.1 Å². The molecule has 30 heavy (non-hydrogen) atoms. The van der Waals surface area contributed by atoms with Gasteiger partial charge in [-0.05, 0) is 45.6 Å². The molecule has 0 radical (unpaired) electrons. The van der Waals surface area contributed by atoms with Gasteiger partial charge < -0.3 is 10.1 Å². The third-order valence-corrected chi connectivity index (χ3v) is 5.78. The molecule has 2 aliphatic rings. The van der Waals surface area contributed by atoms with E-state index >= 15 is 0 Å². The average Bonchev–Trinajstić information content (AvgIpc) is 2.83. The van der Waals surface area contributed by atoms with Gasteiger partial charge in [-0.2, -0.15) is 18.3 Å². The third kappa shape index (κ3) is 4.18. The number of hydrogen-bond donors (Lipinski definition) is 1. The van der Waals surface area contributed by atoms with E-state index in [1.165, 1.54) is 4.68 Å². The van der Waals surface area contributed by atoms with Gasteiger partial charge in [-0.1, -0.05) is 24.6 Å². The van der Waals surface area contributed by atoms with E-state index in [9.17, 15) is 18.0 Å². The molecule has 162 valence electrons. The molecule has 1 N–H and O–H groups in total. The van der Waals surface area contributed by atoms with E-state index in [1.807, 2.05) is 38.1 Å². The first kappa shape index (κ1) is 20.8. The van der Waals surface area contributed by atoms with Crippen LogP contribution in [0.1, 0.15) is 68.1 Å². The third-order valence-electron chi connectivity index (χ3n) is 5.78. The molecular weight excluding hydrogens is 395 g/mol. The van der Waals surface area contributed by atoms with E-state index in [0.717, 1.165) is 18.4 Å². The van der Waals surface area contributed by atoms with Crippen LogP contribution >= 0.6 is 0 Å². The summed E-state index contributed by atoms with van der Waals surface area (Å²) in [5, 5.41) is 6.81. The van der Waals surface area contributed by atoms with Crippen LogP contribution in [-0.4, -0.2) is 21.3 Å². The first-order valence-corrected chi connectivity index (χ1v) is 10.4. The SMILES string of the molecule is CC1(C)C[C@@H](NC(=O)Cn2nc(C(F)(F)F)c3c2CCCCC3)c2ccccc2O1.